The van der Waals surface area contributed by atoms with Crippen LogP contribution in [-0.2, 0) is 23.0 Å². The molecule has 0 aromatic carbocycles. The van der Waals surface area contributed by atoms with Gasteiger partial charge in [0.05, 0.1) is 18.5 Å². The largest absolute Gasteiger partial charge is 0.390 e. The second-order valence-corrected chi connectivity index (χ2v) is 5.83. The van der Waals surface area contributed by atoms with Gasteiger partial charge in [-0.05, 0) is 14.1 Å². The fraction of sp³-hybridized carbons (Fsp3) is 0.667. The second kappa shape index (κ2) is 4.94. The molecule has 0 spiro atoms. The topological polar surface area (TPSA) is 75.4 Å². The van der Waals surface area contributed by atoms with Crippen LogP contribution in [-0.4, -0.2) is 54.9 Å². The van der Waals surface area contributed by atoms with E-state index in [0.29, 0.717) is 18.8 Å². The number of sulfone groups is 1. The standard InChI is InChI=1S/C9H17N3O3S/c1-11(2)4-5-12-8(7-13)6-10-9(12)16(3,14)15/h6,13H,4-5,7H2,1-3H3. The highest BCUT2D eigenvalue weighted by molar-refractivity contribution is 7.90. The van der Waals surface area contributed by atoms with Gasteiger partial charge in [-0.15, -0.1) is 0 Å². The first-order valence-corrected chi connectivity index (χ1v) is 6.75. The summed E-state index contributed by atoms with van der Waals surface area (Å²) in [5, 5.41) is 9.11. The van der Waals surface area contributed by atoms with Gasteiger partial charge < -0.3 is 14.6 Å². The third-order valence-electron chi connectivity index (χ3n) is 2.17. The number of rotatable bonds is 5. The lowest BCUT2D eigenvalue weighted by Crippen LogP contribution is -2.21. The number of aliphatic hydroxyl groups is 1. The maximum atomic E-state index is 11.4. The van der Waals surface area contributed by atoms with Crippen molar-refractivity contribution < 1.29 is 13.5 Å². The molecule has 1 aromatic rings. The zero-order valence-electron chi connectivity index (χ0n) is 9.71. The van der Waals surface area contributed by atoms with Gasteiger partial charge in [0.15, 0.2) is 0 Å². The lowest BCUT2D eigenvalue weighted by Gasteiger charge is -2.13. The molecule has 0 aliphatic heterocycles. The van der Waals surface area contributed by atoms with Crippen molar-refractivity contribution in [1.82, 2.24) is 14.5 Å². The van der Waals surface area contributed by atoms with E-state index in [2.05, 4.69) is 4.98 Å². The Morgan fingerprint density at radius 3 is 2.56 bits per heavy atom. The first kappa shape index (κ1) is 13.1. The quantitative estimate of drug-likeness (QED) is 0.747. The smallest absolute Gasteiger partial charge is 0.227 e. The van der Waals surface area contributed by atoms with Gasteiger partial charge in [-0.3, -0.25) is 0 Å². The maximum Gasteiger partial charge on any atom is 0.227 e. The molecule has 6 nitrogen and oxygen atoms in total. The highest BCUT2D eigenvalue weighted by atomic mass is 32.2. The molecule has 7 heteroatoms. The number of likely N-dealkylation sites (N-methyl/N-ethyl adjacent to an activating group) is 1. The van der Waals surface area contributed by atoms with E-state index in [9.17, 15) is 8.42 Å². The van der Waals surface area contributed by atoms with Crippen LogP contribution in [0.15, 0.2) is 11.4 Å². The number of aliphatic hydroxyl groups excluding tert-OH is 1. The summed E-state index contributed by atoms with van der Waals surface area (Å²) in [7, 11) is 0.449. The zero-order chi connectivity index (χ0) is 12.3. The summed E-state index contributed by atoms with van der Waals surface area (Å²) >= 11 is 0. The summed E-state index contributed by atoms with van der Waals surface area (Å²) in [5.41, 5.74) is 0.516. The lowest BCUT2D eigenvalue weighted by molar-refractivity contribution is 0.265. The van der Waals surface area contributed by atoms with Crippen molar-refractivity contribution in [3.63, 3.8) is 0 Å². The maximum absolute atomic E-state index is 11.4. The molecule has 1 aromatic heterocycles. The monoisotopic (exact) mass is 247 g/mol. The van der Waals surface area contributed by atoms with Crippen molar-refractivity contribution in [1.29, 1.82) is 0 Å². The molecule has 92 valence electrons. The Morgan fingerprint density at radius 2 is 2.12 bits per heavy atom. The zero-order valence-corrected chi connectivity index (χ0v) is 10.5. The molecule has 1 rings (SSSR count). The van der Waals surface area contributed by atoms with E-state index in [0.717, 1.165) is 6.26 Å². The van der Waals surface area contributed by atoms with Crippen molar-refractivity contribution >= 4 is 9.84 Å². The minimum Gasteiger partial charge on any atom is -0.390 e. The van der Waals surface area contributed by atoms with E-state index in [1.54, 1.807) is 0 Å². The average Bonchev–Trinajstić information content (AvgIpc) is 2.56. The molecule has 0 aliphatic carbocycles. The summed E-state index contributed by atoms with van der Waals surface area (Å²) in [6.45, 7) is 0.965. The van der Waals surface area contributed by atoms with Gasteiger partial charge in [0, 0.05) is 19.3 Å². The van der Waals surface area contributed by atoms with Crippen LogP contribution in [0.2, 0.25) is 0 Å². The van der Waals surface area contributed by atoms with Crippen LogP contribution in [0.4, 0.5) is 0 Å². The molecular formula is C9H17N3O3S. The Kier molecular flexibility index (Phi) is 4.06. The molecule has 0 saturated heterocycles. The van der Waals surface area contributed by atoms with E-state index in [-0.39, 0.29) is 11.8 Å². The van der Waals surface area contributed by atoms with Gasteiger partial charge in [-0.2, -0.15) is 0 Å². The highest BCUT2D eigenvalue weighted by Crippen LogP contribution is 2.11. The summed E-state index contributed by atoms with van der Waals surface area (Å²) < 4.78 is 24.4. The fourth-order valence-electron chi connectivity index (χ4n) is 1.35. The Labute approximate surface area is 95.4 Å². The minimum absolute atomic E-state index is 0.0124. The summed E-state index contributed by atoms with van der Waals surface area (Å²) in [4.78, 5) is 5.77. The van der Waals surface area contributed by atoms with E-state index in [1.165, 1.54) is 10.8 Å². The highest BCUT2D eigenvalue weighted by Gasteiger charge is 2.18. The van der Waals surface area contributed by atoms with Crippen molar-refractivity contribution in [2.75, 3.05) is 26.9 Å². The molecule has 0 saturated carbocycles. The predicted octanol–water partition coefficient (Wildman–Crippen LogP) is -0.659. The van der Waals surface area contributed by atoms with Crippen LogP contribution < -0.4 is 0 Å². The van der Waals surface area contributed by atoms with Gasteiger partial charge in [-0.25, -0.2) is 13.4 Å². The summed E-state index contributed by atoms with van der Waals surface area (Å²) in [5.74, 6) is 0. The fourth-order valence-corrected chi connectivity index (χ4v) is 2.21. The number of nitrogens with zero attached hydrogens (tertiary/aromatic N) is 3. The summed E-state index contributed by atoms with van der Waals surface area (Å²) in [6, 6.07) is 0. The lowest BCUT2D eigenvalue weighted by atomic mass is 10.4. The van der Waals surface area contributed by atoms with E-state index >= 15 is 0 Å². The molecular weight excluding hydrogens is 230 g/mol. The van der Waals surface area contributed by atoms with Gasteiger partial charge in [0.2, 0.25) is 15.0 Å². The molecule has 0 fully saturated rings. The van der Waals surface area contributed by atoms with Gasteiger partial charge in [-0.1, -0.05) is 0 Å². The Bertz CT molecular complexity index is 451. The van der Waals surface area contributed by atoms with Crippen LogP contribution >= 0.6 is 0 Å². The number of imidazole rings is 1. The van der Waals surface area contributed by atoms with E-state index in [1.807, 2.05) is 19.0 Å². The minimum atomic E-state index is -3.35. The molecule has 1 N–H and O–H groups in total. The van der Waals surface area contributed by atoms with Crippen LogP contribution in [0.5, 0.6) is 0 Å². The Hall–Kier alpha value is -0.920. The average molecular weight is 247 g/mol. The molecule has 0 amide bonds. The molecule has 0 unspecified atom stereocenters. The van der Waals surface area contributed by atoms with Crippen molar-refractivity contribution in [3.05, 3.63) is 11.9 Å². The van der Waals surface area contributed by atoms with Gasteiger partial charge in [0.25, 0.3) is 0 Å². The molecule has 0 atom stereocenters. The van der Waals surface area contributed by atoms with Crippen molar-refractivity contribution in [3.8, 4) is 0 Å². The van der Waals surface area contributed by atoms with Crippen LogP contribution in [0.25, 0.3) is 0 Å². The van der Waals surface area contributed by atoms with Gasteiger partial charge >= 0.3 is 0 Å². The third kappa shape index (κ3) is 3.03. The molecule has 16 heavy (non-hydrogen) atoms. The molecule has 0 bridgehead atoms. The first-order chi connectivity index (χ1) is 7.36. The van der Waals surface area contributed by atoms with E-state index in [4.69, 9.17) is 5.11 Å². The molecule has 0 aliphatic rings. The number of hydrogen-bond donors (Lipinski definition) is 1. The normalized spacial score (nSPS) is 12.3. The van der Waals surface area contributed by atoms with Crippen LogP contribution in [0, 0.1) is 0 Å². The van der Waals surface area contributed by atoms with E-state index < -0.39 is 9.84 Å². The Balaban J connectivity index is 3.07. The Morgan fingerprint density at radius 1 is 1.50 bits per heavy atom. The van der Waals surface area contributed by atoms with Gasteiger partial charge in [0.1, 0.15) is 0 Å². The van der Waals surface area contributed by atoms with Crippen LogP contribution in [0.3, 0.4) is 0 Å². The number of hydrogen-bond acceptors (Lipinski definition) is 5. The third-order valence-corrected chi connectivity index (χ3v) is 3.16. The predicted molar refractivity (Wildman–Crippen MR) is 59.8 cm³/mol. The molecule has 1 heterocycles. The first-order valence-electron chi connectivity index (χ1n) is 4.86. The second-order valence-electron chi connectivity index (χ2n) is 3.92. The van der Waals surface area contributed by atoms with Crippen molar-refractivity contribution in [2.24, 2.45) is 0 Å². The van der Waals surface area contributed by atoms with Crippen LogP contribution in [0.1, 0.15) is 5.69 Å². The summed E-state index contributed by atoms with van der Waals surface area (Å²) in [6.07, 6.45) is 2.51. The SMILES string of the molecule is CN(C)CCn1c(CO)cnc1S(C)(=O)=O. The number of aromatic nitrogens is 2. The van der Waals surface area contributed by atoms with Crippen molar-refractivity contribution in [2.45, 2.75) is 18.3 Å². The molecule has 0 radical (unpaired) electrons.